The van der Waals surface area contributed by atoms with Crippen molar-refractivity contribution in [2.75, 3.05) is 12.4 Å². The molecule has 1 aliphatic rings. The number of hydrogen-bond acceptors (Lipinski definition) is 4. The molecule has 2 aromatic heterocycles. The zero-order valence-electron chi connectivity index (χ0n) is 12.1. The van der Waals surface area contributed by atoms with E-state index in [0.29, 0.717) is 5.92 Å². The van der Waals surface area contributed by atoms with Gasteiger partial charge in [-0.25, -0.2) is 9.50 Å². The van der Waals surface area contributed by atoms with Crippen LogP contribution in [0.4, 0.5) is 5.82 Å². The van der Waals surface area contributed by atoms with Gasteiger partial charge in [0, 0.05) is 13.0 Å². The largest absolute Gasteiger partial charge is 0.372 e. The highest BCUT2D eigenvalue weighted by Crippen LogP contribution is 2.25. The highest BCUT2D eigenvalue weighted by Gasteiger charge is 2.18. The van der Waals surface area contributed by atoms with Gasteiger partial charge in [0.15, 0.2) is 5.65 Å². The SMILES string of the molecule is CC.CNc1cn2nc(C)ccc2n1.O=CC1CC1. The number of nitrogens with zero attached hydrogens (tertiary/aromatic N) is 3. The van der Waals surface area contributed by atoms with Crippen LogP contribution in [0, 0.1) is 12.8 Å². The fourth-order valence-electron chi connectivity index (χ4n) is 1.33. The second-order valence-corrected chi connectivity index (χ2v) is 4.13. The van der Waals surface area contributed by atoms with Crippen molar-refractivity contribution in [1.82, 2.24) is 14.6 Å². The lowest BCUT2D eigenvalue weighted by molar-refractivity contribution is -0.108. The van der Waals surface area contributed by atoms with Crippen molar-refractivity contribution in [2.45, 2.75) is 33.6 Å². The number of aldehydes is 1. The van der Waals surface area contributed by atoms with E-state index in [1.54, 1.807) is 4.52 Å². The molecule has 5 nitrogen and oxygen atoms in total. The Morgan fingerprint density at radius 2 is 2.05 bits per heavy atom. The molecule has 0 radical (unpaired) electrons. The van der Waals surface area contributed by atoms with Gasteiger partial charge in [-0.2, -0.15) is 5.10 Å². The number of nitrogens with one attached hydrogen (secondary N) is 1. The second-order valence-electron chi connectivity index (χ2n) is 4.13. The normalized spacial score (nSPS) is 12.8. The number of carbonyl (C=O) groups is 1. The third-order valence-corrected chi connectivity index (χ3v) is 2.52. The molecule has 0 atom stereocenters. The van der Waals surface area contributed by atoms with Gasteiger partial charge in [-0.15, -0.1) is 0 Å². The van der Waals surface area contributed by atoms with Crippen LogP contribution < -0.4 is 5.32 Å². The van der Waals surface area contributed by atoms with Crippen molar-refractivity contribution in [3.05, 3.63) is 24.0 Å². The predicted molar refractivity (Wildman–Crippen MR) is 77.4 cm³/mol. The number of rotatable bonds is 2. The molecule has 104 valence electrons. The Morgan fingerprint density at radius 1 is 1.37 bits per heavy atom. The van der Waals surface area contributed by atoms with Gasteiger partial charge in [-0.05, 0) is 31.9 Å². The quantitative estimate of drug-likeness (QED) is 0.845. The van der Waals surface area contributed by atoms with E-state index in [1.807, 2.05) is 46.1 Å². The number of hydrogen-bond donors (Lipinski definition) is 1. The molecule has 1 saturated carbocycles. The molecule has 0 bridgehead atoms. The van der Waals surface area contributed by atoms with Crippen molar-refractivity contribution in [3.63, 3.8) is 0 Å². The number of anilines is 1. The number of carbonyl (C=O) groups excluding carboxylic acids is 1. The van der Waals surface area contributed by atoms with Gasteiger partial charge < -0.3 is 10.1 Å². The maximum absolute atomic E-state index is 9.57. The van der Waals surface area contributed by atoms with Crippen LogP contribution in [0.3, 0.4) is 0 Å². The van der Waals surface area contributed by atoms with Gasteiger partial charge >= 0.3 is 0 Å². The van der Waals surface area contributed by atoms with E-state index in [4.69, 9.17) is 0 Å². The van der Waals surface area contributed by atoms with E-state index in [9.17, 15) is 4.79 Å². The summed E-state index contributed by atoms with van der Waals surface area (Å²) in [6.07, 6.45) is 5.18. The van der Waals surface area contributed by atoms with Crippen LogP contribution in [0.15, 0.2) is 18.3 Å². The first kappa shape index (κ1) is 15.1. The van der Waals surface area contributed by atoms with E-state index >= 15 is 0 Å². The van der Waals surface area contributed by atoms with Crippen LogP contribution in [0.5, 0.6) is 0 Å². The summed E-state index contributed by atoms with van der Waals surface area (Å²) in [6.45, 7) is 5.96. The number of aromatic nitrogens is 3. The molecule has 0 saturated heterocycles. The molecule has 0 aromatic carbocycles. The van der Waals surface area contributed by atoms with E-state index in [0.717, 1.165) is 36.3 Å². The molecule has 0 amide bonds. The van der Waals surface area contributed by atoms with Gasteiger partial charge in [0.1, 0.15) is 12.1 Å². The summed E-state index contributed by atoms with van der Waals surface area (Å²) in [5.41, 5.74) is 1.85. The maximum atomic E-state index is 9.57. The van der Waals surface area contributed by atoms with Crippen LogP contribution in [-0.2, 0) is 4.79 Å². The van der Waals surface area contributed by atoms with Crippen LogP contribution in [0.25, 0.3) is 5.65 Å². The topological polar surface area (TPSA) is 59.3 Å². The lowest BCUT2D eigenvalue weighted by Crippen LogP contribution is -1.91. The smallest absolute Gasteiger partial charge is 0.156 e. The fourth-order valence-corrected chi connectivity index (χ4v) is 1.33. The lowest BCUT2D eigenvalue weighted by atomic mass is 10.4. The Kier molecular flexibility index (Phi) is 5.99. The van der Waals surface area contributed by atoms with Crippen LogP contribution in [0.2, 0.25) is 0 Å². The highest BCUT2D eigenvalue weighted by molar-refractivity contribution is 5.56. The van der Waals surface area contributed by atoms with Crippen molar-refractivity contribution < 1.29 is 4.79 Å². The van der Waals surface area contributed by atoms with E-state index in [1.165, 1.54) is 0 Å². The Labute approximate surface area is 114 Å². The van der Waals surface area contributed by atoms with Crippen LogP contribution in [-0.4, -0.2) is 27.9 Å². The highest BCUT2D eigenvalue weighted by atomic mass is 16.1. The summed E-state index contributed by atoms with van der Waals surface area (Å²) < 4.78 is 1.77. The zero-order valence-corrected chi connectivity index (χ0v) is 12.1. The van der Waals surface area contributed by atoms with E-state index < -0.39 is 0 Å². The molecule has 1 aliphatic carbocycles. The predicted octanol–water partition coefficient (Wildman–Crippen LogP) is 2.70. The third kappa shape index (κ3) is 4.69. The standard InChI is InChI=1S/C8H10N4.C4H6O.C2H6/c1-6-3-4-8-10-7(9-2)5-12(8)11-6;5-3-4-1-2-4;1-2/h3-5,9H,1-2H3;3-4H,1-2H2;1-2H3. The average molecular weight is 262 g/mol. The van der Waals surface area contributed by atoms with Gasteiger partial charge in [0.2, 0.25) is 0 Å². The molecule has 0 spiro atoms. The minimum atomic E-state index is 0.454. The summed E-state index contributed by atoms with van der Waals surface area (Å²) in [4.78, 5) is 13.8. The molecule has 19 heavy (non-hydrogen) atoms. The summed E-state index contributed by atoms with van der Waals surface area (Å²) in [6, 6.07) is 3.89. The Bertz CT molecular complexity index is 517. The molecular weight excluding hydrogens is 240 g/mol. The summed E-state index contributed by atoms with van der Waals surface area (Å²) in [7, 11) is 1.84. The fraction of sp³-hybridized carbons (Fsp3) is 0.500. The molecule has 5 heteroatoms. The lowest BCUT2D eigenvalue weighted by Gasteiger charge is -1.91. The molecule has 1 fully saturated rings. The van der Waals surface area contributed by atoms with E-state index in [-0.39, 0.29) is 0 Å². The van der Waals surface area contributed by atoms with Gasteiger partial charge in [0.05, 0.1) is 11.9 Å². The van der Waals surface area contributed by atoms with Gasteiger partial charge in [-0.3, -0.25) is 0 Å². The van der Waals surface area contributed by atoms with E-state index in [2.05, 4.69) is 15.4 Å². The third-order valence-electron chi connectivity index (χ3n) is 2.52. The zero-order chi connectivity index (χ0) is 14.3. The number of aryl methyl sites for hydroxylation is 1. The molecule has 0 aliphatic heterocycles. The summed E-state index contributed by atoms with van der Waals surface area (Å²) in [5, 5.41) is 7.22. The molecule has 1 N–H and O–H groups in total. The van der Waals surface area contributed by atoms with Crippen molar-refractivity contribution in [2.24, 2.45) is 5.92 Å². The molecule has 0 unspecified atom stereocenters. The molecular formula is C14H22N4O. The van der Waals surface area contributed by atoms with Crippen molar-refractivity contribution in [1.29, 1.82) is 0 Å². The first-order valence-electron chi connectivity index (χ1n) is 6.69. The maximum Gasteiger partial charge on any atom is 0.156 e. The molecule has 2 aromatic rings. The first-order valence-corrected chi connectivity index (χ1v) is 6.69. The number of fused-ring (bicyclic) bond motifs is 1. The Morgan fingerprint density at radius 3 is 2.53 bits per heavy atom. The minimum Gasteiger partial charge on any atom is -0.372 e. The Balaban J connectivity index is 0.000000216. The monoisotopic (exact) mass is 262 g/mol. The summed E-state index contributed by atoms with van der Waals surface area (Å²) in [5.74, 6) is 1.29. The number of imidazole rings is 1. The average Bonchev–Trinajstić information content (AvgIpc) is 3.20. The van der Waals surface area contributed by atoms with Gasteiger partial charge in [0.25, 0.3) is 0 Å². The van der Waals surface area contributed by atoms with Gasteiger partial charge in [-0.1, -0.05) is 13.8 Å². The second kappa shape index (κ2) is 7.51. The van der Waals surface area contributed by atoms with Crippen molar-refractivity contribution in [3.8, 4) is 0 Å². The minimum absolute atomic E-state index is 0.454. The first-order chi connectivity index (χ1) is 9.22. The molecule has 3 rings (SSSR count). The van der Waals surface area contributed by atoms with Crippen LogP contribution >= 0.6 is 0 Å². The summed E-state index contributed by atoms with van der Waals surface area (Å²) >= 11 is 0. The van der Waals surface area contributed by atoms with Crippen LogP contribution in [0.1, 0.15) is 32.4 Å². The van der Waals surface area contributed by atoms with Crippen molar-refractivity contribution >= 4 is 17.8 Å². The molecule has 2 heterocycles. The Hall–Kier alpha value is -1.91.